The third kappa shape index (κ3) is 5.42. The molecule has 2 N–H and O–H groups in total. The Morgan fingerprint density at radius 1 is 1.25 bits per heavy atom. The van der Waals surface area contributed by atoms with E-state index in [0.717, 1.165) is 17.8 Å². The van der Waals surface area contributed by atoms with E-state index in [4.69, 9.17) is 21.1 Å². The fourth-order valence-corrected chi connectivity index (χ4v) is 4.67. The molecule has 1 aromatic carbocycles. The number of ether oxygens (including phenoxy) is 2. The van der Waals surface area contributed by atoms with Crippen LogP contribution in [0.15, 0.2) is 46.8 Å². The summed E-state index contributed by atoms with van der Waals surface area (Å²) in [6.07, 6.45) is 1.12. The summed E-state index contributed by atoms with van der Waals surface area (Å²) < 4.78 is 11.3. The minimum Gasteiger partial charge on any atom is -0.463 e. The molecule has 32 heavy (non-hydrogen) atoms. The van der Waals surface area contributed by atoms with E-state index in [1.54, 1.807) is 13.0 Å². The number of hydrogen-bond acceptors (Lipinski definition) is 6. The van der Waals surface area contributed by atoms with Crippen LogP contribution in [0.5, 0.6) is 0 Å². The summed E-state index contributed by atoms with van der Waals surface area (Å²) in [7, 11) is 0. The number of halogens is 1. The number of allylic oxidation sites excluding steroid dienone is 2. The van der Waals surface area contributed by atoms with Crippen LogP contribution < -0.4 is 10.6 Å². The fourth-order valence-electron chi connectivity index (χ4n) is 4.43. The van der Waals surface area contributed by atoms with Crippen LogP contribution in [0, 0.1) is 5.41 Å². The first-order valence-corrected chi connectivity index (χ1v) is 11.6. The summed E-state index contributed by atoms with van der Waals surface area (Å²) in [5, 5.41) is 7.12. The SMILES string of the molecule is CCNCCOCC1=C(C(=O)OCC)C(c2ccccc2Cl)C2=C(CC(C)(C)CC2=O)N1. The van der Waals surface area contributed by atoms with Crippen molar-refractivity contribution in [2.45, 2.75) is 46.5 Å². The molecular formula is C25H33ClN2O4. The lowest BCUT2D eigenvalue weighted by molar-refractivity contribution is -0.139. The Labute approximate surface area is 195 Å². The Morgan fingerprint density at radius 3 is 2.69 bits per heavy atom. The molecule has 0 spiro atoms. The highest BCUT2D eigenvalue weighted by Crippen LogP contribution is 2.48. The van der Waals surface area contributed by atoms with Crippen molar-refractivity contribution < 1.29 is 19.1 Å². The number of carbonyl (C=O) groups excluding carboxylic acids is 2. The molecule has 0 bridgehead atoms. The Balaban J connectivity index is 2.10. The van der Waals surface area contributed by atoms with Crippen molar-refractivity contribution in [3.05, 3.63) is 57.4 Å². The van der Waals surface area contributed by atoms with Crippen LogP contribution in [0.3, 0.4) is 0 Å². The maximum Gasteiger partial charge on any atom is 0.336 e. The summed E-state index contributed by atoms with van der Waals surface area (Å²) in [6, 6.07) is 7.37. The number of carbonyl (C=O) groups is 2. The molecule has 1 aliphatic carbocycles. The standard InChI is InChI=1S/C25H33ClN2O4/c1-5-27-11-12-31-15-19-23(24(30)32-6-2)21(16-9-7-8-10-17(16)26)22-18(28-19)13-25(3,4)14-20(22)29/h7-10,21,27-28H,5-6,11-15H2,1-4H3. The van der Waals surface area contributed by atoms with Gasteiger partial charge in [0.2, 0.25) is 0 Å². The van der Waals surface area contributed by atoms with Crippen LogP contribution in [-0.4, -0.2) is 44.7 Å². The maximum absolute atomic E-state index is 13.3. The Morgan fingerprint density at radius 2 is 2.00 bits per heavy atom. The molecule has 7 heteroatoms. The van der Waals surface area contributed by atoms with Gasteiger partial charge in [0.15, 0.2) is 5.78 Å². The first-order valence-electron chi connectivity index (χ1n) is 11.2. The first kappa shape index (κ1) is 24.5. The molecule has 0 saturated carbocycles. The van der Waals surface area contributed by atoms with Gasteiger partial charge in [-0.15, -0.1) is 0 Å². The quantitative estimate of drug-likeness (QED) is 0.426. The number of ketones is 1. The van der Waals surface area contributed by atoms with Crippen LogP contribution in [0.25, 0.3) is 0 Å². The number of dihydropyridines is 1. The average Bonchev–Trinajstić information content (AvgIpc) is 2.72. The van der Waals surface area contributed by atoms with E-state index in [1.165, 1.54) is 0 Å². The second-order valence-corrected chi connectivity index (χ2v) is 9.34. The zero-order valence-electron chi connectivity index (χ0n) is 19.3. The Bertz CT molecular complexity index is 936. The molecule has 0 saturated heterocycles. The van der Waals surface area contributed by atoms with Crippen molar-refractivity contribution in [3.8, 4) is 0 Å². The van der Waals surface area contributed by atoms with Gasteiger partial charge in [0.1, 0.15) is 0 Å². The van der Waals surface area contributed by atoms with E-state index in [-0.39, 0.29) is 24.4 Å². The zero-order valence-corrected chi connectivity index (χ0v) is 20.1. The average molecular weight is 461 g/mol. The molecule has 2 aliphatic rings. The van der Waals surface area contributed by atoms with E-state index < -0.39 is 11.9 Å². The number of Topliss-reactive ketones (excluding diaryl/α,β-unsaturated/α-hetero) is 1. The molecule has 1 atom stereocenters. The van der Waals surface area contributed by atoms with Crippen LogP contribution >= 0.6 is 11.6 Å². The fraction of sp³-hybridized carbons (Fsp3) is 0.520. The lowest BCUT2D eigenvalue weighted by Crippen LogP contribution is -2.40. The van der Waals surface area contributed by atoms with Crippen LogP contribution in [0.4, 0.5) is 0 Å². The van der Waals surface area contributed by atoms with Gasteiger partial charge in [0, 0.05) is 35.2 Å². The molecule has 0 radical (unpaired) electrons. The van der Waals surface area contributed by atoms with Crippen molar-refractivity contribution in [2.24, 2.45) is 5.41 Å². The van der Waals surface area contributed by atoms with Crippen molar-refractivity contribution in [1.29, 1.82) is 0 Å². The van der Waals surface area contributed by atoms with Crippen molar-refractivity contribution in [2.75, 3.05) is 32.9 Å². The lowest BCUT2D eigenvalue weighted by Gasteiger charge is -2.40. The Hall–Kier alpha value is -2.15. The number of hydrogen-bond donors (Lipinski definition) is 2. The maximum atomic E-state index is 13.3. The summed E-state index contributed by atoms with van der Waals surface area (Å²) >= 11 is 6.58. The molecule has 0 aromatic heterocycles. The highest BCUT2D eigenvalue weighted by molar-refractivity contribution is 6.31. The molecular weight excluding hydrogens is 428 g/mol. The van der Waals surface area contributed by atoms with Crippen molar-refractivity contribution in [1.82, 2.24) is 10.6 Å². The van der Waals surface area contributed by atoms with E-state index in [2.05, 4.69) is 24.5 Å². The largest absolute Gasteiger partial charge is 0.463 e. The number of rotatable bonds is 9. The van der Waals surface area contributed by atoms with E-state index in [1.807, 2.05) is 25.1 Å². The predicted octanol–water partition coefficient (Wildman–Crippen LogP) is 4.11. The monoisotopic (exact) mass is 460 g/mol. The van der Waals surface area contributed by atoms with Gasteiger partial charge in [-0.05, 0) is 36.9 Å². The topological polar surface area (TPSA) is 76.7 Å². The molecule has 1 aromatic rings. The highest BCUT2D eigenvalue weighted by atomic mass is 35.5. The number of nitrogens with one attached hydrogen (secondary N) is 2. The molecule has 0 fully saturated rings. The normalized spacial score (nSPS) is 20.2. The smallest absolute Gasteiger partial charge is 0.336 e. The summed E-state index contributed by atoms with van der Waals surface area (Å²) in [4.78, 5) is 26.5. The summed E-state index contributed by atoms with van der Waals surface area (Å²) in [5.74, 6) is -1.02. The number of benzene rings is 1. The Kier molecular flexibility index (Phi) is 8.15. The minimum atomic E-state index is -0.588. The second-order valence-electron chi connectivity index (χ2n) is 8.93. The van der Waals surface area contributed by atoms with E-state index >= 15 is 0 Å². The second kappa shape index (κ2) is 10.6. The van der Waals surface area contributed by atoms with E-state index in [0.29, 0.717) is 47.9 Å². The van der Waals surface area contributed by atoms with Gasteiger partial charge in [0.05, 0.1) is 31.1 Å². The van der Waals surface area contributed by atoms with Gasteiger partial charge in [-0.3, -0.25) is 4.79 Å². The number of esters is 1. The molecule has 1 unspecified atom stereocenters. The van der Waals surface area contributed by atoms with Gasteiger partial charge in [-0.1, -0.05) is 50.6 Å². The number of likely N-dealkylation sites (N-methyl/N-ethyl adjacent to an activating group) is 1. The third-order valence-electron chi connectivity index (χ3n) is 5.76. The van der Waals surface area contributed by atoms with Crippen molar-refractivity contribution in [3.63, 3.8) is 0 Å². The van der Waals surface area contributed by atoms with Gasteiger partial charge in [-0.2, -0.15) is 0 Å². The van der Waals surface area contributed by atoms with Crippen LogP contribution in [0.1, 0.15) is 52.0 Å². The summed E-state index contributed by atoms with van der Waals surface area (Å²) in [5.41, 5.74) is 3.03. The van der Waals surface area contributed by atoms with E-state index in [9.17, 15) is 9.59 Å². The third-order valence-corrected chi connectivity index (χ3v) is 6.10. The van der Waals surface area contributed by atoms with Crippen molar-refractivity contribution >= 4 is 23.4 Å². The lowest BCUT2D eigenvalue weighted by atomic mass is 9.68. The van der Waals surface area contributed by atoms with Gasteiger partial charge in [-0.25, -0.2) is 4.79 Å². The van der Waals surface area contributed by atoms with Gasteiger partial charge >= 0.3 is 5.97 Å². The summed E-state index contributed by atoms with van der Waals surface area (Å²) in [6.45, 7) is 10.5. The molecule has 6 nitrogen and oxygen atoms in total. The zero-order chi connectivity index (χ0) is 23.3. The van der Waals surface area contributed by atoms with Gasteiger partial charge < -0.3 is 20.1 Å². The first-order chi connectivity index (χ1) is 15.3. The molecule has 1 heterocycles. The molecule has 0 amide bonds. The van der Waals surface area contributed by atoms with Crippen LogP contribution in [-0.2, 0) is 19.1 Å². The molecule has 3 rings (SSSR count). The van der Waals surface area contributed by atoms with Crippen LogP contribution in [0.2, 0.25) is 5.02 Å². The predicted molar refractivity (Wildman–Crippen MR) is 125 cm³/mol. The molecule has 174 valence electrons. The van der Waals surface area contributed by atoms with Gasteiger partial charge in [0.25, 0.3) is 0 Å². The molecule has 1 aliphatic heterocycles. The minimum absolute atomic E-state index is 0.0302. The highest BCUT2D eigenvalue weighted by Gasteiger charge is 2.44.